The summed E-state index contributed by atoms with van der Waals surface area (Å²) in [5, 5.41) is 4.97. The van der Waals surface area contributed by atoms with Gasteiger partial charge in [-0.1, -0.05) is 25.5 Å². The zero-order chi connectivity index (χ0) is 19.5. The van der Waals surface area contributed by atoms with Gasteiger partial charge in [0.15, 0.2) is 0 Å². The van der Waals surface area contributed by atoms with Crippen molar-refractivity contribution in [2.45, 2.75) is 38.4 Å². The maximum absolute atomic E-state index is 12.9. The molecule has 9 heteroatoms. The van der Waals surface area contributed by atoms with Crippen molar-refractivity contribution in [1.82, 2.24) is 15.5 Å². The first-order valence-corrected chi connectivity index (χ1v) is 8.18. The first-order valence-electron chi connectivity index (χ1n) is 8.18. The number of amides is 4. The van der Waals surface area contributed by atoms with Crippen LogP contribution in [0.15, 0.2) is 24.3 Å². The van der Waals surface area contributed by atoms with E-state index in [-0.39, 0.29) is 5.56 Å². The Hall–Kier alpha value is -2.58. The number of halogens is 3. The summed E-state index contributed by atoms with van der Waals surface area (Å²) < 4.78 is 38.7. The highest BCUT2D eigenvalue weighted by molar-refractivity contribution is 6.09. The zero-order valence-electron chi connectivity index (χ0n) is 14.4. The van der Waals surface area contributed by atoms with Crippen LogP contribution >= 0.6 is 0 Å². The van der Waals surface area contributed by atoms with Crippen LogP contribution in [0.5, 0.6) is 0 Å². The number of nitrogens with zero attached hydrogens (tertiary/aromatic N) is 1. The van der Waals surface area contributed by atoms with Gasteiger partial charge in [-0.3, -0.25) is 14.5 Å². The number of carbonyl (C=O) groups excluding carboxylic acids is 3. The highest BCUT2D eigenvalue weighted by atomic mass is 19.4. The van der Waals surface area contributed by atoms with Gasteiger partial charge in [-0.25, -0.2) is 4.79 Å². The molecule has 0 spiro atoms. The van der Waals surface area contributed by atoms with E-state index < -0.39 is 41.7 Å². The van der Waals surface area contributed by atoms with E-state index in [1.807, 2.05) is 6.92 Å². The van der Waals surface area contributed by atoms with E-state index in [0.29, 0.717) is 11.4 Å². The van der Waals surface area contributed by atoms with Gasteiger partial charge in [-0.05, 0) is 31.0 Å². The maximum Gasteiger partial charge on any atom is 0.416 e. The SMILES string of the molecule is CCCCNC(=O)CN1C(=O)N[C@@](C)(c2cccc(C(F)(F)F)c2)C1=O. The van der Waals surface area contributed by atoms with Crippen LogP contribution in [0, 0.1) is 0 Å². The van der Waals surface area contributed by atoms with Crippen molar-refractivity contribution in [1.29, 1.82) is 0 Å². The Kier molecular flexibility index (Phi) is 5.58. The number of benzene rings is 1. The summed E-state index contributed by atoms with van der Waals surface area (Å²) >= 11 is 0. The maximum atomic E-state index is 12.9. The van der Waals surface area contributed by atoms with Crippen molar-refractivity contribution in [3.8, 4) is 0 Å². The molecule has 0 bridgehead atoms. The predicted molar refractivity (Wildman–Crippen MR) is 87.0 cm³/mol. The van der Waals surface area contributed by atoms with Crippen LogP contribution in [-0.4, -0.2) is 35.8 Å². The van der Waals surface area contributed by atoms with Crippen LogP contribution < -0.4 is 10.6 Å². The Morgan fingerprint density at radius 1 is 1.31 bits per heavy atom. The first kappa shape index (κ1) is 19.7. The highest BCUT2D eigenvalue weighted by Crippen LogP contribution is 2.34. The molecule has 0 aliphatic carbocycles. The Balaban J connectivity index is 2.20. The quantitative estimate of drug-likeness (QED) is 0.595. The van der Waals surface area contributed by atoms with Crippen molar-refractivity contribution in [2.24, 2.45) is 0 Å². The Morgan fingerprint density at radius 3 is 2.62 bits per heavy atom. The van der Waals surface area contributed by atoms with Crippen LogP contribution in [0.1, 0.15) is 37.8 Å². The normalized spacial score (nSPS) is 20.3. The number of imide groups is 1. The second kappa shape index (κ2) is 7.35. The first-order chi connectivity index (χ1) is 12.1. The number of nitrogens with one attached hydrogen (secondary N) is 2. The van der Waals surface area contributed by atoms with E-state index in [0.717, 1.165) is 25.0 Å². The van der Waals surface area contributed by atoms with Gasteiger partial charge in [-0.2, -0.15) is 13.2 Å². The third kappa shape index (κ3) is 3.97. The van der Waals surface area contributed by atoms with E-state index in [4.69, 9.17) is 0 Å². The molecule has 1 atom stereocenters. The lowest BCUT2D eigenvalue weighted by molar-refractivity contribution is -0.138. The van der Waals surface area contributed by atoms with Crippen molar-refractivity contribution in [3.05, 3.63) is 35.4 Å². The fourth-order valence-corrected chi connectivity index (χ4v) is 2.65. The van der Waals surface area contributed by atoms with Crippen LogP contribution in [0.25, 0.3) is 0 Å². The molecule has 1 heterocycles. The molecule has 1 aromatic rings. The van der Waals surface area contributed by atoms with Crippen LogP contribution in [0.4, 0.5) is 18.0 Å². The highest BCUT2D eigenvalue weighted by Gasteiger charge is 2.50. The fourth-order valence-electron chi connectivity index (χ4n) is 2.65. The molecule has 0 radical (unpaired) electrons. The Morgan fingerprint density at radius 2 is 2.00 bits per heavy atom. The van der Waals surface area contributed by atoms with Crippen LogP contribution in [0.3, 0.4) is 0 Å². The van der Waals surface area contributed by atoms with Gasteiger partial charge in [0.1, 0.15) is 12.1 Å². The number of hydrogen-bond acceptors (Lipinski definition) is 3. The lowest BCUT2D eigenvalue weighted by Crippen LogP contribution is -2.43. The summed E-state index contributed by atoms with van der Waals surface area (Å²) in [5.74, 6) is -1.28. The number of unbranched alkanes of at least 4 members (excludes halogenated alkanes) is 1. The molecule has 0 saturated carbocycles. The number of alkyl halides is 3. The molecule has 26 heavy (non-hydrogen) atoms. The fraction of sp³-hybridized carbons (Fsp3) is 0.471. The molecular weight excluding hydrogens is 351 g/mol. The molecule has 2 rings (SSSR count). The minimum atomic E-state index is -4.57. The largest absolute Gasteiger partial charge is 0.416 e. The monoisotopic (exact) mass is 371 g/mol. The van der Waals surface area contributed by atoms with Gasteiger partial charge in [0.2, 0.25) is 5.91 Å². The summed E-state index contributed by atoms with van der Waals surface area (Å²) in [7, 11) is 0. The molecule has 1 saturated heterocycles. The van der Waals surface area contributed by atoms with Gasteiger partial charge < -0.3 is 10.6 Å². The summed E-state index contributed by atoms with van der Waals surface area (Å²) in [6.45, 7) is 3.20. The van der Waals surface area contributed by atoms with Crippen LogP contribution in [-0.2, 0) is 21.3 Å². The minimum absolute atomic E-state index is 0.000402. The van der Waals surface area contributed by atoms with E-state index in [9.17, 15) is 27.6 Å². The molecule has 1 fully saturated rings. The minimum Gasteiger partial charge on any atom is -0.355 e. The van der Waals surface area contributed by atoms with Gasteiger partial charge >= 0.3 is 12.2 Å². The third-order valence-corrected chi connectivity index (χ3v) is 4.20. The molecular formula is C17H20F3N3O3. The van der Waals surface area contributed by atoms with E-state index >= 15 is 0 Å². The van der Waals surface area contributed by atoms with Crippen molar-refractivity contribution >= 4 is 17.8 Å². The number of carbonyl (C=O) groups is 3. The molecule has 2 N–H and O–H groups in total. The van der Waals surface area contributed by atoms with E-state index in [1.54, 1.807) is 0 Å². The number of rotatable bonds is 6. The second-order valence-corrected chi connectivity index (χ2v) is 6.23. The number of hydrogen-bond donors (Lipinski definition) is 2. The van der Waals surface area contributed by atoms with Crippen molar-refractivity contribution in [3.63, 3.8) is 0 Å². The summed E-state index contributed by atoms with van der Waals surface area (Å²) in [6.07, 6.45) is -2.94. The average molecular weight is 371 g/mol. The van der Waals surface area contributed by atoms with Gasteiger partial charge in [0.25, 0.3) is 5.91 Å². The van der Waals surface area contributed by atoms with Gasteiger partial charge in [0, 0.05) is 6.54 Å². The summed E-state index contributed by atoms with van der Waals surface area (Å²) in [6, 6.07) is 3.39. The topological polar surface area (TPSA) is 78.5 Å². The Labute approximate surface area is 148 Å². The summed E-state index contributed by atoms with van der Waals surface area (Å²) in [4.78, 5) is 37.3. The van der Waals surface area contributed by atoms with Gasteiger partial charge in [0.05, 0.1) is 5.56 Å². The Bertz CT molecular complexity index is 721. The van der Waals surface area contributed by atoms with E-state index in [1.165, 1.54) is 19.1 Å². The second-order valence-electron chi connectivity index (χ2n) is 6.23. The molecule has 142 valence electrons. The molecule has 6 nitrogen and oxygen atoms in total. The average Bonchev–Trinajstić information content (AvgIpc) is 2.79. The molecule has 1 aliphatic rings. The van der Waals surface area contributed by atoms with Gasteiger partial charge in [-0.15, -0.1) is 0 Å². The zero-order valence-corrected chi connectivity index (χ0v) is 14.4. The van der Waals surface area contributed by atoms with Crippen molar-refractivity contribution < 1.29 is 27.6 Å². The van der Waals surface area contributed by atoms with Crippen LogP contribution in [0.2, 0.25) is 0 Å². The molecule has 0 aromatic heterocycles. The predicted octanol–water partition coefficient (Wildman–Crippen LogP) is 2.39. The molecule has 4 amide bonds. The van der Waals surface area contributed by atoms with Crippen molar-refractivity contribution in [2.75, 3.05) is 13.1 Å². The molecule has 0 unspecified atom stereocenters. The standard InChI is InChI=1S/C17H20F3N3O3/c1-3-4-8-21-13(24)10-23-14(25)16(2,22-15(23)26)11-6-5-7-12(9-11)17(18,19)20/h5-7,9H,3-4,8,10H2,1-2H3,(H,21,24)(H,22,26)/t16-/m0/s1. The third-order valence-electron chi connectivity index (χ3n) is 4.20. The molecule has 1 aromatic carbocycles. The summed E-state index contributed by atoms with van der Waals surface area (Å²) in [5.41, 5.74) is -2.59. The van der Waals surface area contributed by atoms with E-state index in [2.05, 4.69) is 10.6 Å². The number of urea groups is 1. The smallest absolute Gasteiger partial charge is 0.355 e. The molecule has 1 aliphatic heterocycles. The lowest BCUT2D eigenvalue weighted by Gasteiger charge is -2.23. The lowest BCUT2D eigenvalue weighted by atomic mass is 9.90.